The first-order valence-corrected chi connectivity index (χ1v) is 9.45. The molecule has 1 unspecified atom stereocenters. The molecule has 7 nitrogen and oxygen atoms in total. The number of amides is 2. The highest BCUT2D eigenvalue weighted by molar-refractivity contribution is 6.02. The monoisotopic (exact) mass is 365 g/mol. The Hall–Kier alpha value is -2.96. The van der Waals surface area contributed by atoms with E-state index in [1.54, 1.807) is 18.5 Å². The van der Waals surface area contributed by atoms with Gasteiger partial charge in [0.15, 0.2) is 0 Å². The number of nitrogens with zero attached hydrogens (tertiary/aromatic N) is 3. The summed E-state index contributed by atoms with van der Waals surface area (Å²) in [7, 11) is 0. The maximum Gasteiger partial charge on any atom is 0.255 e. The van der Waals surface area contributed by atoms with Crippen LogP contribution in [0.3, 0.4) is 0 Å². The molecule has 0 bridgehead atoms. The van der Waals surface area contributed by atoms with E-state index >= 15 is 0 Å². The van der Waals surface area contributed by atoms with E-state index in [4.69, 9.17) is 0 Å². The summed E-state index contributed by atoms with van der Waals surface area (Å²) in [5.41, 5.74) is 2.14. The van der Waals surface area contributed by atoms with Crippen LogP contribution < -0.4 is 10.6 Å². The second kappa shape index (κ2) is 7.73. The Morgan fingerprint density at radius 3 is 3.04 bits per heavy atom. The molecule has 140 valence electrons. The molecule has 0 radical (unpaired) electrons. The van der Waals surface area contributed by atoms with E-state index < -0.39 is 0 Å². The second-order valence-corrected chi connectivity index (χ2v) is 7.03. The van der Waals surface area contributed by atoms with Crippen LogP contribution in [0.4, 0.5) is 11.5 Å². The van der Waals surface area contributed by atoms with Gasteiger partial charge in [0.05, 0.1) is 17.8 Å². The van der Waals surface area contributed by atoms with E-state index in [9.17, 15) is 9.59 Å². The highest BCUT2D eigenvalue weighted by Crippen LogP contribution is 2.27. The fraction of sp³-hybridized carbons (Fsp3) is 0.400. The summed E-state index contributed by atoms with van der Waals surface area (Å²) in [5.74, 6) is 0.465. The van der Waals surface area contributed by atoms with Gasteiger partial charge in [-0.05, 0) is 50.3 Å². The maximum absolute atomic E-state index is 13.1. The number of carbonyl (C=O) groups excluding carboxylic acids is 2. The number of carbonyl (C=O) groups is 2. The predicted molar refractivity (Wildman–Crippen MR) is 103 cm³/mol. The summed E-state index contributed by atoms with van der Waals surface area (Å²) in [5, 5.41) is 5.72. The zero-order chi connectivity index (χ0) is 18.6. The summed E-state index contributed by atoms with van der Waals surface area (Å²) >= 11 is 0. The lowest BCUT2D eigenvalue weighted by molar-refractivity contribution is -0.114. The highest BCUT2D eigenvalue weighted by atomic mass is 16.2. The Bertz CT molecular complexity index is 840. The van der Waals surface area contributed by atoms with Crippen LogP contribution in [0.1, 0.15) is 41.7 Å². The first kappa shape index (κ1) is 17.5. The summed E-state index contributed by atoms with van der Waals surface area (Å²) in [6.45, 7) is 0.961. The van der Waals surface area contributed by atoms with Crippen LogP contribution in [0.2, 0.25) is 0 Å². The standard InChI is InChI=1S/C20H23N5O2/c26-18-13-23-19-17(24-18)11-14(12-22-19)20(27)25-10-4-2-6-16(25)8-7-15-5-1-3-9-21-15/h1,3,5,9,11-12,16H,2,4,6-8,10,13H2,(H,22,23)(H,24,26). The van der Waals surface area contributed by atoms with Crippen LogP contribution >= 0.6 is 0 Å². The molecule has 4 heterocycles. The molecule has 0 aromatic carbocycles. The quantitative estimate of drug-likeness (QED) is 0.869. The number of aromatic nitrogens is 2. The number of hydrogen-bond donors (Lipinski definition) is 2. The van der Waals surface area contributed by atoms with Crippen molar-refractivity contribution < 1.29 is 9.59 Å². The van der Waals surface area contributed by atoms with Crippen molar-refractivity contribution in [2.75, 3.05) is 23.7 Å². The number of hydrogen-bond acceptors (Lipinski definition) is 5. The lowest BCUT2D eigenvalue weighted by Gasteiger charge is -2.36. The van der Waals surface area contributed by atoms with Crippen molar-refractivity contribution in [2.24, 2.45) is 0 Å². The average molecular weight is 365 g/mol. The molecule has 0 saturated carbocycles. The molecular formula is C20H23N5O2. The van der Waals surface area contributed by atoms with Crippen molar-refractivity contribution in [3.8, 4) is 0 Å². The molecule has 1 fully saturated rings. The van der Waals surface area contributed by atoms with Gasteiger partial charge in [-0.25, -0.2) is 4.98 Å². The normalized spacial score (nSPS) is 19.0. The lowest BCUT2D eigenvalue weighted by Crippen LogP contribution is -2.44. The second-order valence-electron chi connectivity index (χ2n) is 7.03. The van der Waals surface area contributed by atoms with Gasteiger partial charge < -0.3 is 15.5 Å². The van der Waals surface area contributed by atoms with Crippen molar-refractivity contribution in [3.63, 3.8) is 0 Å². The molecule has 2 aromatic rings. The molecule has 2 N–H and O–H groups in total. The van der Waals surface area contributed by atoms with Gasteiger partial charge in [0.25, 0.3) is 5.91 Å². The minimum absolute atomic E-state index is 0.0177. The molecular weight excluding hydrogens is 342 g/mol. The molecule has 0 spiro atoms. The van der Waals surface area contributed by atoms with Gasteiger partial charge in [-0.2, -0.15) is 0 Å². The van der Waals surface area contributed by atoms with Gasteiger partial charge in [0.2, 0.25) is 5.91 Å². The fourth-order valence-electron chi connectivity index (χ4n) is 3.77. The first-order chi connectivity index (χ1) is 13.2. The maximum atomic E-state index is 13.1. The Morgan fingerprint density at radius 2 is 2.19 bits per heavy atom. The average Bonchev–Trinajstić information content (AvgIpc) is 2.72. The van der Waals surface area contributed by atoms with Crippen molar-refractivity contribution in [1.29, 1.82) is 0 Å². The summed E-state index contributed by atoms with van der Waals surface area (Å²) in [6.07, 6.45) is 8.32. The zero-order valence-corrected chi connectivity index (χ0v) is 15.1. The zero-order valence-electron chi connectivity index (χ0n) is 15.1. The largest absolute Gasteiger partial charge is 0.359 e. The molecule has 4 rings (SSSR count). The Kier molecular flexibility index (Phi) is 5.00. The molecule has 2 aromatic heterocycles. The highest BCUT2D eigenvalue weighted by Gasteiger charge is 2.28. The van der Waals surface area contributed by atoms with Crippen LogP contribution in [0, 0.1) is 0 Å². The first-order valence-electron chi connectivity index (χ1n) is 9.45. The topological polar surface area (TPSA) is 87.2 Å². The Morgan fingerprint density at radius 1 is 1.26 bits per heavy atom. The summed E-state index contributed by atoms with van der Waals surface area (Å²) in [6, 6.07) is 7.86. The van der Waals surface area contributed by atoms with Crippen molar-refractivity contribution in [2.45, 2.75) is 38.1 Å². The molecule has 27 heavy (non-hydrogen) atoms. The van der Waals surface area contributed by atoms with Gasteiger partial charge in [-0.15, -0.1) is 0 Å². The van der Waals surface area contributed by atoms with Gasteiger partial charge in [-0.1, -0.05) is 6.07 Å². The number of rotatable bonds is 4. The minimum atomic E-state index is -0.125. The summed E-state index contributed by atoms with van der Waals surface area (Å²) < 4.78 is 0. The third-order valence-electron chi connectivity index (χ3n) is 5.17. The Balaban J connectivity index is 1.49. The molecule has 2 aliphatic heterocycles. The minimum Gasteiger partial charge on any atom is -0.359 e. The third kappa shape index (κ3) is 3.92. The number of anilines is 2. The fourth-order valence-corrected chi connectivity index (χ4v) is 3.77. The van der Waals surface area contributed by atoms with Crippen molar-refractivity contribution >= 4 is 23.3 Å². The summed E-state index contributed by atoms with van der Waals surface area (Å²) in [4.78, 5) is 35.4. The molecule has 2 aliphatic rings. The Labute approximate surface area is 158 Å². The van der Waals surface area contributed by atoms with Crippen LogP contribution in [-0.2, 0) is 11.2 Å². The van der Waals surface area contributed by atoms with Gasteiger partial charge >= 0.3 is 0 Å². The van der Waals surface area contributed by atoms with E-state index in [1.165, 1.54) is 0 Å². The van der Waals surface area contributed by atoms with Crippen LogP contribution in [-0.4, -0.2) is 45.8 Å². The van der Waals surface area contributed by atoms with Gasteiger partial charge in [0, 0.05) is 30.7 Å². The van der Waals surface area contributed by atoms with Crippen LogP contribution in [0.15, 0.2) is 36.7 Å². The SMILES string of the molecule is O=C1CNc2ncc(C(=O)N3CCCCC3CCc3ccccn3)cc2N1. The number of fused-ring (bicyclic) bond motifs is 1. The van der Waals surface area contributed by atoms with E-state index in [2.05, 4.69) is 20.6 Å². The molecule has 1 saturated heterocycles. The van der Waals surface area contributed by atoms with Crippen LogP contribution in [0.25, 0.3) is 0 Å². The molecule has 1 atom stereocenters. The number of nitrogens with one attached hydrogen (secondary N) is 2. The van der Waals surface area contributed by atoms with Crippen molar-refractivity contribution in [3.05, 3.63) is 47.9 Å². The number of likely N-dealkylation sites (tertiary alicyclic amines) is 1. The molecule has 2 amide bonds. The lowest BCUT2D eigenvalue weighted by atomic mass is 9.96. The number of piperidine rings is 1. The van der Waals surface area contributed by atoms with E-state index in [0.29, 0.717) is 17.1 Å². The van der Waals surface area contributed by atoms with Gasteiger partial charge in [-0.3, -0.25) is 14.6 Å². The third-order valence-corrected chi connectivity index (χ3v) is 5.17. The van der Waals surface area contributed by atoms with Crippen molar-refractivity contribution in [1.82, 2.24) is 14.9 Å². The van der Waals surface area contributed by atoms with E-state index in [1.807, 2.05) is 23.1 Å². The number of aryl methyl sites for hydroxylation is 1. The smallest absolute Gasteiger partial charge is 0.255 e. The van der Waals surface area contributed by atoms with Crippen LogP contribution in [0.5, 0.6) is 0 Å². The van der Waals surface area contributed by atoms with E-state index in [0.717, 1.165) is 44.3 Å². The number of pyridine rings is 2. The molecule has 7 heteroatoms. The van der Waals surface area contributed by atoms with Gasteiger partial charge in [0.1, 0.15) is 5.82 Å². The molecule has 0 aliphatic carbocycles. The predicted octanol–water partition coefficient (Wildman–Crippen LogP) is 2.47. The van der Waals surface area contributed by atoms with E-state index in [-0.39, 0.29) is 24.4 Å².